The molecule has 2 rings (SSSR count). The second kappa shape index (κ2) is 3.52. The molecule has 16 heavy (non-hydrogen) atoms. The maximum atomic E-state index is 11.6. The summed E-state index contributed by atoms with van der Waals surface area (Å²) in [5.74, 6) is -0.875. The first kappa shape index (κ1) is 10.5. The fourth-order valence-corrected chi connectivity index (χ4v) is 1.84. The van der Waals surface area contributed by atoms with E-state index in [4.69, 9.17) is 5.11 Å². The van der Waals surface area contributed by atoms with Crippen molar-refractivity contribution in [2.75, 3.05) is 0 Å². The summed E-state index contributed by atoms with van der Waals surface area (Å²) >= 11 is 0. The quantitative estimate of drug-likeness (QED) is 0.801. The Balaban J connectivity index is 2.67. The van der Waals surface area contributed by atoms with Gasteiger partial charge in [0.15, 0.2) is 0 Å². The van der Waals surface area contributed by atoms with E-state index >= 15 is 0 Å². The molecule has 0 aliphatic rings. The Morgan fingerprint density at radius 2 is 1.88 bits per heavy atom. The molecule has 84 valence electrons. The van der Waals surface area contributed by atoms with Crippen LogP contribution in [0.15, 0.2) is 23.0 Å². The number of rotatable bonds is 2. The predicted octanol–water partition coefficient (Wildman–Crippen LogP) is 0.504. The van der Waals surface area contributed by atoms with E-state index in [0.29, 0.717) is 5.56 Å². The third-order valence-electron chi connectivity index (χ3n) is 2.69. The molecule has 0 saturated carbocycles. The van der Waals surface area contributed by atoms with Gasteiger partial charge in [-0.05, 0) is 17.7 Å². The first-order valence-corrected chi connectivity index (χ1v) is 4.87. The molecule has 0 saturated heterocycles. The second-order valence-electron chi connectivity index (χ2n) is 3.79. The van der Waals surface area contributed by atoms with E-state index in [2.05, 4.69) is 0 Å². The Kier molecular flexibility index (Phi) is 2.30. The number of nitrogens with zero attached hydrogens (tertiary/aromatic N) is 2. The van der Waals surface area contributed by atoms with E-state index in [0.717, 1.165) is 11.0 Å². The van der Waals surface area contributed by atoms with Gasteiger partial charge >= 0.3 is 11.7 Å². The lowest BCUT2D eigenvalue weighted by molar-refractivity contribution is -0.136. The van der Waals surface area contributed by atoms with Gasteiger partial charge in [-0.25, -0.2) is 4.79 Å². The first-order chi connectivity index (χ1) is 7.50. The average molecular weight is 220 g/mol. The van der Waals surface area contributed by atoms with Gasteiger partial charge < -0.3 is 5.11 Å². The summed E-state index contributed by atoms with van der Waals surface area (Å²) in [7, 11) is 3.37. The van der Waals surface area contributed by atoms with Crippen LogP contribution in [-0.2, 0) is 25.3 Å². The maximum Gasteiger partial charge on any atom is 0.328 e. The van der Waals surface area contributed by atoms with Crippen LogP contribution in [0.1, 0.15) is 5.56 Å². The molecule has 5 heteroatoms. The van der Waals surface area contributed by atoms with Crippen LogP contribution in [0.4, 0.5) is 0 Å². The fourth-order valence-electron chi connectivity index (χ4n) is 1.84. The molecule has 5 nitrogen and oxygen atoms in total. The number of aromatic nitrogens is 2. The van der Waals surface area contributed by atoms with E-state index < -0.39 is 5.97 Å². The maximum absolute atomic E-state index is 11.6. The highest BCUT2D eigenvalue weighted by Crippen LogP contribution is 2.14. The van der Waals surface area contributed by atoms with Gasteiger partial charge in [-0.1, -0.05) is 6.07 Å². The molecule has 2 aromatic rings. The summed E-state index contributed by atoms with van der Waals surface area (Å²) in [6.45, 7) is 0. The van der Waals surface area contributed by atoms with Crippen molar-refractivity contribution in [2.45, 2.75) is 6.42 Å². The first-order valence-electron chi connectivity index (χ1n) is 4.87. The summed E-state index contributed by atoms with van der Waals surface area (Å²) < 4.78 is 3.06. The van der Waals surface area contributed by atoms with Crippen molar-refractivity contribution in [3.63, 3.8) is 0 Å². The number of carboxylic acid groups (broad SMARTS) is 1. The van der Waals surface area contributed by atoms with Crippen molar-refractivity contribution < 1.29 is 9.90 Å². The van der Waals surface area contributed by atoms with Crippen molar-refractivity contribution >= 4 is 17.0 Å². The summed E-state index contributed by atoms with van der Waals surface area (Å²) in [6, 6.07) is 5.25. The predicted molar refractivity (Wildman–Crippen MR) is 59.5 cm³/mol. The second-order valence-corrected chi connectivity index (χ2v) is 3.79. The minimum atomic E-state index is -0.875. The zero-order valence-electron chi connectivity index (χ0n) is 9.10. The highest BCUT2D eigenvalue weighted by molar-refractivity contribution is 5.79. The van der Waals surface area contributed by atoms with Crippen molar-refractivity contribution in [3.05, 3.63) is 34.2 Å². The van der Waals surface area contributed by atoms with Crippen LogP contribution in [0.5, 0.6) is 0 Å². The molecule has 0 spiro atoms. The van der Waals surface area contributed by atoms with Gasteiger partial charge in [0.1, 0.15) is 0 Å². The molecule has 0 bridgehead atoms. The lowest BCUT2D eigenvalue weighted by Crippen LogP contribution is -2.19. The Hall–Kier alpha value is -2.04. The fraction of sp³-hybridized carbons (Fsp3) is 0.273. The number of hydrogen-bond acceptors (Lipinski definition) is 2. The molecule has 0 aliphatic heterocycles. The summed E-state index contributed by atoms with van der Waals surface area (Å²) in [6.07, 6.45) is -0.0287. The minimum Gasteiger partial charge on any atom is -0.481 e. The number of fused-ring (bicyclic) bond motifs is 1. The van der Waals surface area contributed by atoms with Crippen LogP contribution in [0.3, 0.4) is 0 Å². The van der Waals surface area contributed by atoms with Gasteiger partial charge in [-0.15, -0.1) is 0 Å². The average Bonchev–Trinajstić information content (AvgIpc) is 2.43. The third kappa shape index (κ3) is 1.50. The zero-order valence-corrected chi connectivity index (χ0v) is 9.10. The van der Waals surface area contributed by atoms with Crippen molar-refractivity contribution in [3.8, 4) is 0 Å². The van der Waals surface area contributed by atoms with Crippen LogP contribution in [0.25, 0.3) is 11.0 Å². The Morgan fingerprint density at radius 3 is 2.50 bits per heavy atom. The lowest BCUT2D eigenvalue weighted by Gasteiger charge is -1.99. The number of aryl methyl sites for hydroxylation is 2. The standard InChI is InChI=1S/C11H12N2O3/c1-12-8-4-3-7(6-10(14)15)5-9(8)13(2)11(12)16/h3-5H,6H2,1-2H3,(H,14,15). The lowest BCUT2D eigenvalue weighted by atomic mass is 10.1. The van der Waals surface area contributed by atoms with Crippen LogP contribution >= 0.6 is 0 Å². The molecule has 1 N–H and O–H groups in total. The van der Waals surface area contributed by atoms with Crippen LogP contribution in [0.2, 0.25) is 0 Å². The molecule has 0 amide bonds. The van der Waals surface area contributed by atoms with Crippen molar-refractivity contribution in [1.82, 2.24) is 9.13 Å². The summed E-state index contributed by atoms with van der Waals surface area (Å²) in [5.41, 5.74) is 2.15. The molecule has 1 aromatic carbocycles. The number of carbonyl (C=O) groups is 1. The number of imidazole rings is 1. The topological polar surface area (TPSA) is 64.2 Å². The van der Waals surface area contributed by atoms with Gasteiger partial charge in [-0.3, -0.25) is 13.9 Å². The summed E-state index contributed by atoms with van der Waals surface area (Å²) in [5, 5.41) is 8.69. The Labute approximate surface area is 91.5 Å². The third-order valence-corrected chi connectivity index (χ3v) is 2.69. The van der Waals surface area contributed by atoms with E-state index in [-0.39, 0.29) is 12.1 Å². The number of aliphatic carboxylic acids is 1. The Morgan fingerprint density at radius 1 is 1.25 bits per heavy atom. The van der Waals surface area contributed by atoms with Gasteiger partial charge in [0.05, 0.1) is 17.5 Å². The van der Waals surface area contributed by atoms with Crippen LogP contribution < -0.4 is 5.69 Å². The monoisotopic (exact) mass is 220 g/mol. The largest absolute Gasteiger partial charge is 0.481 e. The highest BCUT2D eigenvalue weighted by Gasteiger charge is 2.09. The van der Waals surface area contributed by atoms with Crippen LogP contribution in [0, 0.1) is 0 Å². The molecule has 0 radical (unpaired) electrons. The van der Waals surface area contributed by atoms with Gasteiger partial charge in [-0.2, -0.15) is 0 Å². The molecule has 0 atom stereocenters. The van der Waals surface area contributed by atoms with Gasteiger partial charge in [0.25, 0.3) is 0 Å². The molecule has 0 fully saturated rings. The molecule has 1 heterocycles. The molecule has 0 aliphatic carbocycles. The molecular weight excluding hydrogens is 208 g/mol. The zero-order chi connectivity index (χ0) is 11.9. The van der Waals surface area contributed by atoms with Crippen molar-refractivity contribution in [2.24, 2.45) is 14.1 Å². The number of benzene rings is 1. The minimum absolute atomic E-state index is 0.0287. The van der Waals surface area contributed by atoms with Gasteiger partial charge in [0, 0.05) is 14.1 Å². The molecule has 0 unspecified atom stereocenters. The van der Waals surface area contributed by atoms with E-state index in [1.807, 2.05) is 0 Å². The smallest absolute Gasteiger partial charge is 0.328 e. The van der Waals surface area contributed by atoms with E-state index in [9.17, 15) is 9.59 Å². The molecule has 1 aromatic heterocycles. The number of carboxylic acids is 1. The number of hydrogen-bond donors (Lipinski definition) is 1. The summed E-state index contributed by atoms with van der Waals surface area (Å²) in [4.78, 5) is 22.2. The van der Waals surface area contributed by atoms with Gasteiger partial charge in [0.2, 0.25) is 0 Å². The van der Waals surface area contributed by atoms with Crippen LogP contribution in [-0.4, -0.2) is 20.2 Å². The normalized spacial score (nSPS) is 10.9. The van der Waals surface area contributed by atoms with E-state index in [1.165, 1.54) is 4.57 Å². The van der Waals surface area contributed by atoms with Crippen molar-refractivity contribution in [1.29, 1.82) is 0 Å². The van der Waals surface area contributed by atoms with E-state index in [1.54, 1.807) is 36.9 Å². The molecular formula is C11H12N2O3. The SMILES string of the molecule is Cn1c(=O)n(C)c2cc(CC(=O)O)ccc21. The Bertz CT molecular complexity index is 622. The highest BCUT2D eigenvalue weighted by atomic mass is 16.4.